The maximum absolute atomic E-state index is 12.3. The average Bonchev–Trinajstić information content (AvgIpc) is 2.95. The van der Waals surface area contributed by atoms with Crippen molar-refractivity contribution < 1.29 is 9.72 Å². The van der Waals surface area contributed by atoms with Crippen LogP contribution in [0, 0.1) is 10.1 Å². The lowest BCUT2D eigenvalue weighted by Gasteiger charge is -2.25. The number of nitrogens with one attached hydrogen (secondary N) is 2. The van der Waals surface area contributed by atoms with Crippen molar-refractivity contribution in [3.8, 4) is 0 Å². The second-order valence-corrected chi connectivity index (χ2v) is 5.05. The van der Waals surface area contributed by atoms with Crippen molar-refractivity contribution in [2.24, 2.45) is 7.05 Å². The predicted molar refractivity (Wildman–Crippen MR) is 73.0 cm³/mol. The summed E-state index contributed by atoms with van der Waals surface area (Å²) in [6.07, 6.45) is 4.98. The minimum absolute atomic E-state index is 0.118. The van der Waals surface area contributed by atoms with Gasteiger partial charge in [-0.2, -0.15) is 5.10 Å². The largest absolute Gasteiger partial charge is 0.358 e. The number of hydrogen-bond acceptors (Lipinski definition) is 5. The lowest BCUT2D eigenvalue weighted by Crippen LogP contribution is -2.20. The highest BCUT2D eigenvalue weighted by Gasteiger charge is 2.28. The zero-order valence-corrected chi connectivity index (χ0v) is 11.4. The number of nitrogens with zero attached hydrogens (tertiary/aromatic N) is 4. The number of aryl methyl sites for hydroxylation is 1. The van der Waals surface area contributed by atoms with Gasteiger partial charge in [0.1, 0.15) is 5.69 Å². The number of nitro groups is 1. The molecule has 2 aromatic heterocycles. The Balaban J connectivity index is 1.81. The molecule has 2 aromatic rings. The lowest BCUT2D eigenvalue weighted by atomic mass is 9.80. The summed E-state index contributed by atoms with van der Waals surface area (Å²) in [5, 5.41) is 23.2. The maximum atomic E-state index is 12.3. The van der Waals surface area contributed by atoms with Crippen LogP contribution in [0.4, 0.5) is 11.6 Å². The summed E-state index contributed by atoms with van der Waals surface area (Å²) in [5.41, 5.74) is 1.40. The Morgan fingerprint density at radius 2 is 2.33 bits per heavy atom. The van der Waals surface area contributed by atoms with Crippen molar-refractivity contribution in [2.45, 2.75) is 25.2 Å². The summed E-state index contributed by atoms with van der Waals surface area (Å²) in [7, 11) is 1.70. The van der Waals surface area contributed by atoms with Gasteiger partial charge in [0.05, 0.1) is 12.3 Å². The van der Waals surface area contributed by atoms with Gasteiger partial charge in [0.15, 0.2) is 5.82 Å². The number of aromatic nitrogens is 4. The monoisotopic (exact) mass is 290 g/mol. The third kappa shape index (κ3) is 2.37. The first-order valence-corrected chi connectivity index (χ1v) is 6.59. The molecule has 1 saturated carbocycles. The number of rotatable bonds is 4. The molecular weight excluding hydrogens is 276 g/mol. The van der Waals surface area contributed by atoms with Gasteiger partial charge in [0.2, 0.25) is 0 Å². The Kier molecular flexibility index (Phi) is 3.16. The number of anilines is 1. The molecule has 0 unspecified atom stereocenters. The molecule has 0 saturated heterocycles. The van der Waals surface area contributed by atoms with Crippen molar-refractivity contribution in [2.75, 3.05) is 5.32 Å². The smallest absolute Gasteiger partial charge is 0.344 e. The summed E-state index contributed by atoms with van der Waals surface area (Å²) in [6, 6.07) is 1.18. The first kappa shape index (κ1) is 13.3. The highest BCUT2D eigenvalue weighted by molar-refractivity contribution is 6.03. The fraction of sp³-hybridized carbons (Fsp3) is 0.417. The summed E-state index contributed by atoms with van der Waals surface area (Å²) >= 11 is 0. The van der Waals surface area contributed by atoms with Crippen LogP contribution in [-0.4, -0.2) is 30.8 Å². The van der Waals surface area contributed by atoms with Gasteiger partial charge in [-0.3, -0.25) is 9.48 Å². The molecule has 1 aliphatic rings. The number of aromatic amines is 1. The van der Waals surface area contributed by atoms with Crippen LogP contribution >= 0.6 is 0 Å². The van der Waals surface area contributed by atoms with Crippen molar-refractivity contribution in [3.63, 3.8) is 0 Å². The topological polar surface area (TPSA) is 119 Å². The molecule has 1 fully saturated rings. The van der Waals surface area contributed by atoms with Crippen LogP contribution in [0.3, 0.4) is 0 Å². The van der Waals surface area contributed by atoms with E-state index >= 15 is 0 Å². The standard InChI is InChI=1S/C12H14N6O3/c1-17-11(8(6-13-17)7-3-2-4-7)12(19)14-9-5-10(16-15-9)18(20)21/h5-7H,2-4H2,1H3,(H2,14,15,16,19). The molecule has 2 heterocycles. The van der Waals surface area contributed by atoms with E-state index in [1.165, 1.54) is 10.7 Å². The molecule has 0 atom stereocenters. The van der Waals surface area contributed by atoms with Crippen molar-refractivity contribution in [1.82, 2.24) is 20.0 Å². The molecule has 0 aliphatic heterocycles. The van der Waals surface area contributed by atoms with E-state index < -0.39 is 4.92 Å². The van der Waals surface area contributed by atoms with Gasteiger partial charge in [-0.25, -0.2) is 0 Å². The van der Waals surface area contributed by atoms with Crippen molar-refractivity contribution >= 4 is 17.5 Å². The fourth-order valence-electron chi connectivity index (χ4n) is 2.40. The minimum Gasteiger partial charge on any atom is -0.358 e. The van der Waals surface area contributed by atoms with Crippen LogP contribution in [0.25, 0.3) is 0 Å². The maximum Gasteiger partial charge on any atom is 0.344 e. The zero-order valence-electron chi connectivity index (χ0n) is 11.4. The molecule has 1 aliphatic carbocycles. The summed E-state index contributed by atoms with van der Waals surface area (Å²) < 4.78 is 1.52. The van der Waals surface area contributed by atoms with Crippen LogP contribution in [0.15, 0.2) is 12.3 Å². The van der Waals surface area contributed by atoms with E-state index in [0.29, 0.717) is 11.6 Å². The molecular formula is C12H14N6O3. The average molecular weight is 290 g/mol. The Bertz CT molecular complexity index is 700. The molecule has 0 spiro atoms. The van der Waals surface area contributed by atoms with Crippen LogP contribution in [0.2, 0.25) is 0 Å². The predicted octanol–water partition coefficient (Wildman–Crippen LogP) is 1.57. The quantitative estimate of drug-likeness (QED) is 0.654. The Hall–Kier alpha value is -2.71. The molecule has 3 rings (SSSR count). The van der Waals surface area contributed by atoms with Gasteiger partial charge >= 0.3 is 5.82 Å². The normalized spacial score (nSPS) is 14.7. The third-order valence-electron chi connectivity index (χ3n) is 3.73. The molecule has 2 N–H and O–H groups in total. The van der Waals surface area contributed by atoms with Gasteiger partial charge in [0.25, 0.3) is 5.91 Å². The fourth-order valence-corrected chi connectivity index (χ4v) is 2.40. The SMILES string of the molecule is Cn1ncc(C2CCC2)c1C(=O)Nc1cc([N+](=O)[O-])[nH]n1. The van der Waals surface area contributed by atoms with E-state index in [1.807, 2.05) is 0 Å². The van der Waals surface area contributed by atoms with Crippen molar-refractivity contribution in [1.29, 1.82) is 0 Å². The van der Waals surface area contributed by atoms with Gasteiger partial charge in [-0.1, -0.05) is 11.5 Å². The number of amides is 1. The van der Waals surface area contributed by atoms with E-state index in [-0.39, 0.29) is 17.5 Å². The molecule has 0 bridgehead atoms. The van der Waals surface area contributed by atoms with Gasteiger partial charge in [0, 0.05) is 12.6 Å². The van der Waals surface area contributed by atoms with Crippen LogP contribution in [0.1, 0.15) is 41.2 Å². The van der Waals surface area contributed by atoms with Crippen molar-refractivity contribution in [3.05, 3.63) is 33.6 Å². The summed E-state index contributed by atoms with van der Waals surface area (Å²) in [5.74, 6) is -0.145. The van der Waals surface area contributed by atoms with E-state index in [0.717, 1.165) is 24.8 Å². The molecule has 9 nitrogen and oxygen atoms in total. The minimum atomic E-state index is -0.605. The van der Waals surface area contributed by atoms with Crippen LogP contribution < -0.4 is 5.32 Å². The summed E-state index contributed by atoms with van der Waals surface area (Å²) in [6.45, 7) is 0. The van der Waals surface area contributed by atoms with Gasteiger partial charge in [-0.05, 0) is 23.7 Å². The summed E-state index contributed by atoms with van der Waals surface area (Å²) in [4.78, 5) is 22.3. The third-order valence-corrected chi connectivity index (χ3v) is 3.73. The number of hydrogen-bond donors (Lipinski definition) is 2. The Morgan fingerprint density at radius 3 is 2.90 bits per heavy atom. The number of carbonyl (C=O) groups is 1. The number of carbonyl (C=O) groups excluding carboxylic acids is 1. The molecule has 0 radical (unpaired) electrons. The van der Waals surface area contributed by atoms with E-state index in [9.17, 15) is 14.9 Å². The highest BCUT2D eigenvalue weighted by atomic mass is 16.6. The second kappa shape index (κ2) is 5.00. The first-order chi connectivity index (χ1) is 10.1. The van der Waals surface area contributed by atoms with Crippen LogP contribution in [-0.2, 0) is 7.05 Å². The second-order valence-electron chi connectivity index (χ2n) is 5.05. The van der Waals surface area contributed by atoms with Gasteiger partial charge in [-0.15, -0.1) is 5.10 Å². The highest BCUT2D eigenvalue weighted by Crippen LogP contribution is 2.37. The Morgan fingerprint density at radius 1 is 1.57 bits per heavy atom. The first-order valence-electron chi connectivity index (χ1n) is 6.59. The van der Waals surface area contributed by atoms with E-state index in [2.05, 4.69) is 20.6 Å². The van der Waals surface area contributed by atoms with Gasteiger partial charge < -0.3 is 15.4 Å². The van der Waals surface area contributed by atoms with E-state index in [4.69, 9.17) is 0 Å². The van der Waals surface area contributed by atoms with E-state index in [1.54, 1.807) is 13.2 Å². The Labute approximate surface area is 119 Å². The molecule has 1 amide bonds. The molecule has 21 heavy (non-hydrogen) atoms. The molecule has 9 heteroatoms. The lowest BCUT2D eigenvalue weighted by molar-refractivity contribution is -0.389. The molecule has 110 valence electrons. The zero-order chi connectivity index (χ0) is 15.0. The van der Waals surface area contributed by atoms with Crippen LogP contribution in [0.5, 0.6) is 0 Å². The number of H-pyrrole nitrogens is 1. The molecule has 0 aromatic carbocycles.